The zero-order valence-corrected chi connectivity index (χ0v) is 9.19. The highest BCUT2D eigenvalue weighted by atomic mass is 127. The standard InChI is InChI=1S/C7H12IN.CH2O2/c1-3-4-7(9)5-6(2)8;2-1-3/h1,6-7H,4-5,9H2,2H3;1H,(H,2,3). The van der Waals surface area contributed by atoms with Gasteiger partial charge in [0.15, 0.2) is 0 Å². The Hall–Kier alpha value is -0.280. The number of halogens is 1. The van der Waals surface area contributed by atoms with E-state index in [1.165, 1.54) is 0 Å². The quantitative estimate of drug-likeness (QED) is 0.354. The van der Waals surface area contributed by atoms with Crippen molar-refractivity contribution in [2.45, 2.75) is 29.7 Å². The number of rotatable bonds is 3. The molecular weight excluding hydrogens is 269 g/mol. The lowest BCUT2D eigenvalue weighted by Crippen LogP contribution is -2.21. The molecule has 0 aromatic carbocycles. The van der Waals surface area contributed by atoms with Crippen molar-refractivity contribution in [2.24, 2.45) is 5.73 Å². The van der Waals surface area contributed by atoms with Crippen molar-refractivity contribution >= 4 is 29.1 Å². The summed E-state index contributed by atoms with van der Waals surface area (Å²) in [5, 5.41) is 6.89. The molecule has 12 heavy (non-hydrogen) atoms. The van der Waals surface area contributed by atoms with E-state index in [0.29, 0.717) is 10.3 Å². The third kappa shape index (κ3) is 16.4. The highest BCUT2D eigenvalue weighted by molar-refractivity contribution is 14.1. The Bertz CT molecular complexity index is 142. The van der Waals surface area contributed by atoms with E-state index in [1.807, 2.05) is 0 Å². The van der Waals surface area contributed by atoms with Gasteiger partial charge in [-0.15, -0.1) is 12.3 Å². The summed E-state index contributed by atoms with van der Waals surface area (Å²) in [5.74, 6) is 2.54. The van der Waals surface area contributed by atoms with Crippen LogP contribution in [0.2, 0.25) is 0 Å². The Morgan fingerprint density at radius 1 is 1.83 bits per heavy atom. The average molecular weight is 283 g/mol. The molecule has 3 N–H and O–H groups in total. The predicted octanol–water partition coefficient (Wildman–Crippen LogP) is 1.25. The van der Waals surface area contributed by atoms with Crippen molar-refractivity contribution in [1.82, 2.24) is 0 Å². The Labute approximate surface area is 86.9 Å². The van der Waals surface area contributed by atoms with Gasteiger partial charge in [-0.25, -0.2) is 0 Å². The molecule has 0 saturated heterocycles. The third-order valence-electron chi connectivity index (χ3n) is 1.01. The molecule has 0 radical (unpaired) electrons. The summed E-state index contributed by atoms with van der Waals surface area (Å²) in [6.45, 7) is 1.89. The SMILES string of the molecule is C#CCC(N)CC(C)I.O=CO. The van der Waals surface area contributed by atoms with Crippen LogP contribution < -0.4 is 5.73 Å². The molecule has 0 aromatic rings. The molecule has 4 heteroatoms. The minimum Gasteiger partial charge on any atom is -0.483 e. The molecule has 0 heterocycles. The summed E-state index contributed by atoms with van der Waals surface area (Å²) in [4.78, 5) is 8.36. The fraction of sp³-hybridized carbons (Fsp3) is 0.625. The molecule has 0 aliphatic rings. The van der Waals surface area contributed by atoms with Crippen molar-refractivity contribution in [2.75, 3.05) is 0 Å². The average Bonchev–Trinajstić information content (AvgIpc) is 1.87. The number of hydrogen-bond donors (Lipinski definition) is 2. The molecule has 0 saturated carbocycles. The van der Waals surface area contributed by atoms with E-state index in [4.69, 9.17) is 22.1 Å². The molecule has 0 amide bonds. The van der Waals surface area contributed by atoms with E-state index in [2.05, 4.69) is 35.4 Å². The van der Waals surface area contributed by atoms with Crippen LogP contribution in [-0.4, -0.2) is 21.5 Å². The third-order valence-corrected chi connectivity index (χ3v) is 1.52. The fourth-order valence-electron chi connectivity index (χ4n) is 0.652. The van der Waals surface area contributed by atoms with E-state index in [0.717, 1.165) is 6.42 Å². The van der Waals surface area contributed by atoms with Gasteiger partial charge < -0.3 is 10.8 Å². The van der Waals surface area contributed by atoms with Crippen LogP contribution in [0.15, 0.2) is 0 Å². The number of hydrogen-bond acceptors (Lipinski definition) is 2. The van der Waals surface area contributed by atoms with Gasteiger partial charge in [-0.05, 0) is 6.42 Å². The number of carbonyl (C=O) groups is 1. The maximum atomic E-state index is 8.36. The van der Waals surface area contributed by atoms with Gasteiger partial charge in [-0.1, -0.05) is 29.5 Å². The van der Waals surface area contributed by atoms with E-state index in [-0.39, 0.29) is 12.5 Å². The van der Waals surface area contributed by atoms with Crippen LogP contribution in [0.25, 0.3) is 0 Å². The summed E-state index contributed by atoms with van der Waals surface area (Å²) in [7, 11) is 0. The van der Waals surface area contributed by atoms with Gasteiger partial charge in [-0.3, -0.25) is 4.79 Å². The molecule has 0 bridgehead atoms. The Kier molecular flexibility index (Phi) is 12.7. The molecular formula is C8H14INO2. The maximum absolute atomic E-state index is 8.36. The second-order valence-electron chi connectivity index (χ2n) is 2.29. The smallest absolute Gasteiger partial charge is 0.290 e. The zero-order valence-electron chi connectivity index (χ0n) is 7.03. The van der Waals surface area contributed by atoms with E-state index < -0.39 is 0 Å². The molecule has 0 spiro atoms. The van der Waals surface area contributed by atoms with Crippen LogP contribution >= 0.6 is 22.6 Å². The zero-order chi connectivity index (χ0) is 9.98. The van der Waals surface area contributed by atoms with Crippen molar-refractivity contribution < 1.29 is 9.90 Å². The van der Waals surface area contributed by atoms with Crippen molar-refractivity contribution in [3.63, 3.8) is 0 Å². The second kappa shape index (κ2) is 10.7. The van der Waals surface area contributed by atoms with Gasteiger partial charge in [0, 0.05) is 16.4 Å². The van der Waals surface area contributed by atoms with Crippen LogP contribution in [0.1, 0.15) is 19.8 Å². The predicted molar refractivity (Wildman–Crippen MR) is 58.2 cm³/mol. The molecule has 3 nitrogen and oxygen atoms in total. The molecule has 0 aliphatic carbocycles. The van der Waals surface area contributed by atoms with Crippen LogP contribution in [-0.2, 0) is 4.79 Å². The first kappa shape index (κ1) is 14.3. The fourth-order valence-corrected chi connectivity index (χ4v) is 1.31. The van der Waals surface area contributed by atoms with E-state index >= 15 is 0 Å². The van der Waals surface area contributed by atoms with Gasteiger partial charge in [0.1, 0.15) is 0 Å². The topological polar surface area (TPSA) is 63.3 Å². The molecule has 0 aromatic heterocycles. The first-order valence-corrected chi connectivity index (χ1v) is 4.74. The highest BCUT2D eigenvalue weighted by Crippen LogP contribution is 2.07. The molecule has 70 valence electrons. The van der Waals surface area contributed by atoms with Gasteiger partial charge in [-0.2, -0.15) is 0 Å². The largest absolute Gasteiger partial charge is 0.483 e. The summed E-state index contributed by atoms with van der Waals surface area (Å²) in [6.07, 6.45) is 6.79. The van der Waals surface area contributed by atoms with Crippen LogP contribution in [0, 0.1) is 12.3 Å². The van der Waals surface area contributed by atoms with Gasteiger partial charge >= 0.3 is 0 Å². The molecule has 0 rings (SSSR count). The first-order valence-electron chi connectivity index (χ1n) is 3.49. The van der Waals surface area contributed by atoms with Crippen LogP contribution in [0.5, 0.6) is 0 Å². The van der Waals surface area contributed by atoms with Crippen molar-refractivity contribution in [3.05, 3.63) is 0 Å². The Morgan fingerprint density at radius 2 is 2.25 bits per heavy atom. The lowest BCUT2D eigenvalue weighted by atomic mass is 10.1. The molecule has 2 atom stereocenters. The maximum Gasteiger partial charge on any atom is 0.290 e. The normalized spacial score (nSPS) is 13.2. The number of nitrogens with two attached hydrogens (primary N) is 1. The number of carboxylic acid groups (broad SMARTS) is 1. The van der Waals surface area contributed by atoms with Crippen molar-refractivity contribution in [1.29, 1.82) is 0 Å². The minimum atomic E-state index is -0.250. The minimum absolute atomic E-state index is 0.196. The van der Waals surface area contributed by atoms with Crippen LogP contribution in [0.3, 0.4) is 0 Å². The van der Waals surface area contributed by atoms with Gasteiger partial charge in [0.25, 0.3) is 6.47 Å². The highest BCUT2D eigenvalue weighted by Gasteiger charge is 2.03. The second-order valence-corrected chi connectivity index (χ2v) is 4.42. The lowest BCUT2D eigenvalue weighted by Gasteiger charge is -2.08. The molecule has 0 aliphatic heterocycles. The molecule has 2 unspecified atom stereocenters. The molecule has 0 fully saturated rings. The van der Waals surface area contributed by atoms with Gasteiger partial charge in [0.05, 0.1) is 0 Å². The summed E-state index contributed by atoms with van der Waals surface area (Å²) in [5.41, 5.74) is 5.64. The first-order chi connectivity index (χ1) is 5.58. The number of alkyl halides is 1. The van der Waals surface area contributed by atoms with E-state index in [1.54, 1.807) is 0 Å². The van der Waals surface area contributed by atoms with Gasteiger partial charge in [0.2, 0.25) is 0 Å². The monoisotopic (exact) mass is 283 g/mol. The Morgan fingerprint density at radius 3 is 2.50 bits per heavy atom. The summed E-state index contributed by atoms with van der Waals surface area (Å²) in [6, 6.07) is 0.196. The van der Waals surface area contributed by atoms with Crippen LogP contribution in [0.4, 0.5) is 0 Å². The number of terminal acetylenes is 1. The summed E-state index contributed by atoms with van der Waals surface area (Å²) < 4.78 is 0.631. The Balaban J connectivity index is 0. The van der Waals surface area contributed by atoms with Crippen molar-refractivity contribution in [3.8, 4) is 12.3 Å². The lowest BCUT2D eigenvalue weighted by molar-refractivity contribution is -0.122. The summed E-state index contributed by atoms with van der Waals surface area (Å²) >= 11 is 2.35. The van der Waals surface area contributed by atoms with E-state index in [9.17, 15) is 0 Å².